The monoisotopic (exact) mass is 865 g/mol. The molecule has 62 heavy (non-hydrogen) atoms. The highest BCUT2D eigenvalue weighted by atomic mass is 16.6. The third-order valence-corrected chi connectivity index (χ3v) is 10.9. The molecule has 0 bridgehead atoms. The summed E-state index contributed by atoms with van der Waals surface area (Å²) in [6, 6.07) is 0. The fourth-order valence-electron chi connectivity index (χ4n) is 7.03. The second kappa shape index (κ2) is 50.5. The highest BCUT2D eigenvalue weighted by Crippen LogP contribution is 2.14. The summed E-state index contributed by atoms with van der Waals surface area (Å²) in [4.78, 5) is 37.9. The largest absolute Gasteiger partial charge is 0.462 e. The van der Waals surface area contributed by atoms with Crippen LogP contribution in [0.2, 0.25) is 0 Å². The SMILES string of the molecule is CC/C=C\C/C=C\C/C=C\C/C=C\CCC(=O)OC(COC(=O)CCCCCCC/C=C\CCCCCC)COC(=O)CCCCCCCCC/C=C\CCCCCCCCC. The molecule has 0 amide bonds. The van der Waals surface area contributed by atoms with E-state index in [4.69, 9.17) is 14.2 Å². The highest BCUT2D eigenvalue weighted by Gasteiger charge is 2.19. The Balaban J connectivity index is 4.44. The molecule has 0 spiro atoms. The first kappa shape index (κ1) is 58.9. The number of unbranched alkanes of at least 4 members (excludes halogenated alkanes) is 23. The first-order chi connectivity index (χ1) is 30.5. The predicted octanol–water partition coefficient (Wildman–Crippen LogP) is 17.0. The van der Waals surface area contributed by atoms with Crippen molar-refractivity contribution in [2.45, 2.75) is 252 Å². The number of ether oxygens (including phenoxy) is 3. The number of hydrogen-bond donors (Lipinski definition) is 0. The average molecular weight is 865 g/mol. The second-order valence-electron chi connectivity index (χ2n) is 17.0. The van der Waals surface area contributed by atoms with Gasteiger partial charge in [0.2, 0.25) is 0 Å². The summed E-state index contributed by atoms with van der Waals surface area (Å²) in [5.41, 5.74) is 0. The molecule has 0 aliphatic carbocycles. The van der Waals surface area contributed by atoms with Gasteiger partial charge < -0.3 is 14.2 Å². The summed E-state index contributed by atoms with van der Waals surface area (Å²) >= 11 is 0. The lowest BCUT2D eigenvalue weighted by molar-refractivity contribution is -0.166. The van der Waals surface area contributed by atoms with E-state index in [-0.39, 0.29) is 31.6 Å². The van der Waals surface area contributed by atoms with E-state index in [1.165, 1.54) is 122 Å². The zero-order chi connectivity index (χ0) is 45.1. The molecule has 0 aliphatic heterocycles. The molecule has 0 aromatic heterocycles. The van der Waals surface area contributed by atoms with Gasteiger partial charge in [0, 0.05) is 19.3 Å². The number of carbonyl (C=O) groups excluding carboxylic acids is 3. The number of carbonyl (C=O) groups is 3. The third kappa shape index (κ3) is 47.9. The van der Waals surface area contributed by atoms with E-state index in [0.717, 1.165) is 77.0 Å². The van der Waals surface area contributed by atoms with Crippen molar-refractivity contribution < 1.29 is 28.6 Å². The molecule has 0 heterocycles. The molecule has 0 aromatic rings. The van der Waals surface area contributed by atoms with Crippen LogP contribution in [-0.4, -0.2) is 37.2 Å². The Morgan fingerprint density at radius 2 is 0.661 bits per heavy atom. The minimum Gasteiger partial charge on any atom is -0.462 e. The maximum atomic E-state index is 12.7. The van der Waals surface area contributed by atoms with E-state index in [1.807, 2.05) is 12.2 Å². The molecule has 0 saturated heterocycles. The van der Waals surface area contributed by atoms with E-state index in [1.54, 1.807) is 0 Å². The Bertz CT molecular complexity index is 1180. The molecule has 0 fully saturated rings. The van der Waals surface area contributed by atoms with Crippen LogP contribution in [0.4, 0.5) is 0 Å². The lowest BCUT2D eigenvalue weighted by atomic mass is 10.1. The van der Waals surface area contributed by atoms with Crippen LogP contribution < -0.4 is 0 Å². The standard InChI is InChI=1S/C56H96O6/c1-4-7-10-13-16-19-22-25-26-27-28-29-32-34-37-40-43-46-49-55(58)61-52-53(62-56(59)50-47-44-41-38-35-31-24-21-18-15-12-9-6-3)51-60-54(57)48-45-42-39-36-33-30-23-20-17-14-11-8-5-2/h9,12,18,20-21,23,26-27,31,35,41,44,53H,4-8,10-11,13-17,19,22,24-25,28-30,32-34,36-40,42-43,45-52H2,1-3H3/b12-9-,21-18-,23-20-,27-26-,35-31-,44-41-. The van der Waals surface area contributed by atoms with Crippen molar-refractivity contribution in [2.75, 3.05) is 13.2 Å². The van der Waals surface area contributed by atoms with Crippen LogP contribution in [0.5, 0.6) is 0 Å². The summed E-state index contributed by atoms with van der Waals surface area (Å²) in [6.07, 6.45) is 63.3. The van der Waals surface area contributed by atoms with E-state index in [2.05, 4.69) is 81.5 Å². The van der Waals surface area contributed by atoms with Gasteiger partial charge in [0.1, 0.15) is 13.2 Å². The van der Waals surface area contributed by atoms with Crippen LogP contribution >= 0.6 is 0 Å². The number of rotatable bonds is 46. The van der Waals surface area contributed by atoms with Crippen LogP contribution in [0.15, 0.2) is 72.9 Å². The number of hydrogen-bond acceptors (Lipinski definition) is 6. The topological polar surface area (TPSA) is 78.9 Å². The van der Waals surface area contributed by atoms with E-state index < -0.39 is 12.1 Å². The number of esters is 3. The van der Waals surface area contributed by atoms with E-state index >= 15 is 0 Å². The van der Waals surface area contributed by atoms with Gasteiger partial charge in [-0.25, -0.2) is 0 Å². The van der Waals surface area contributed by atoms with Gasteiger partial charge in [0.25, 0.3) is 0 Å². The first-order valence-corrected chi connectivity index (χ1v) is 25.9. The molecule has 0 radical (unpaired) electrons. The van der Waals surface area contributed by atoms with Crippen molar-refractivity contribution >= 4 is 17.9 Å². The van der Waals surface area contributed by atoms with E-state index in [9.17, 15) is 14.4 Å². The average Bonchev–Trinajstić information content (AvgIpc) is 3.27. The fourth-order valence-corrected chi connectivity index (χ4v) is 7.03. The van der Waals surface area contributed by atoms with Crippen molar-refractivity contribution in [1.82, 2.24) is 0 Å². The smallest absolute Gasteiger partial charge is 0.306 e. The molecular weight excluding hydrogens is 769 g/mol. The zero-order valence-electron chi connectivity index (χ0n) is 40.6. The Kier molecular flexibility index (Phi) is 47.9. The van der Waals surface area contributed by atoms with Gasteiger partial charge in [-0.3, -0.25) is 14.4 Å². The van der Waals surface area contributed by atoms with Crippen molar-refractivity contribution in [3.63, 3.8) is 0 Å². The van der Waals surface area contributed by atoms with Gasteiger partial charge in [0.05, 0.1) is 0 Å². The summed E-state index contributed by atoms with van der Waals surface area (Å²) in [5, 5.41) is 0. The molecule has 0 aromatic carbocycles. The minimum absolute atomic E-state index is 0.109. The van der Waals surface area contributed by atoms with Gasteiger partial charge in [-0.1, -0.05) is 203 Å². The molecule has 356 valence electrons. The Labute approximate surface area is 382 Å². The second-order valence-corrected chi connectivity index (χ2v) is 17.0. The fraction of sp³-hybridized carbons (Fsp3) is 0.732. The molecule has 6 nitrogen and oxygen atoms in total. The van der Waals surface area contributed by atoms with Gasteiger partial charge in [-0.05, 0) is 96.3 Å². The maximum absolute atomic E-state index is 12.7. The first-order valence-electron chi connectivity index (χ1n) is 25.9. The lowest BCUT2D eigenvalue weighted by Crippen LogP contribution is -2.30. The molecule has 0 aliphatic rings. The summed E-state index contributed by atoms with van der Waals surface area (Å²) in [6.45, 7) is 6.43. The molecule has 0 N–H and O–H groups in total. The molecule has 6 heteroatoms. The van der Waals surface area contributed by atoms with Crippen LogP contribution in [0, 0.1) is 0 Å². The van der Waals surface area contributed by atoms with Crippen molar-refractivity contribution in [1.29, 1.82) is 0 Å². The highest BCUT2D eigenvalue weighted by molar-refractivity contribution is 5.71. The Morgan fingerprint density at radius 3 is 1.06 bits per heavy atom. The molecule has 0 saturated carbocycles. The van der Waals surface area contributed by atoms with E-state index in [0.29, 0.717) is 19.3 Å². The van der Waals surface area contributed by atoms with Gasteiger partial charge >= 0.3 is 17.9 Å². The molecule has 1 unspecified atom stereocenters. The van der Waals surface area contributed by atoms with Crippen LogP contribution in [0.25, 0.3) is 0 Å². The predicted molar refractivity (Wildman–Crippen MR) is 265 cm³/mol. The molecular formula is C56H96O6. The maximum Gasteiger partial charge on any atom is 0.306 e. The van der Waals surface area contributed by atoms with Crippen molar-refractivity contribution in [2.24, 2.45) is 0 Å². The lowest BCUT2D eigenvalue weighted by Gasteiger charge is -2.18. The van der Waals surface area contributed by atoms with Crippen LogP contribution in [0.3, 0.4) is 0 Å². The molecule has 1 atom stereocenters. The van der Waals surface area contributed by atoms with Crippen LogP contribution in [-0.2, 0) is 28.6 Å². The van der Waals surface area contributed by atoms with Gasteiger partial charge in [-0.15, -0.1) is 0 Å². The quantitative estimate of drug-likeness (QED) is 0.0262. The van der Waals surface area contributed by atoms with Crippen molar-refractivity contribution in [3.05, 3.63) is 72.9 Å². The summed E-state index contributed by atoms with van der Waals surface area (Å²) < 4.78 is 16.7. The Morgan fingerprint density at radius 1 is 0.339 bits per heavy atom. The molecule has 0 rings (SSSR count). The van der Waals surface area contributed by atoms with Crippen molar-refractivity contribution in [3.8, 4) is 0 Å². The summed E-state index contributed by atoms with van der Waals surface area (Å²) in [7, 11) is 0. The Hall–Kier alpha value is -3.15. The van der Waals surface area contributed by atoms with Gasteiger partial charge in [0.15, 0.2) is 6.10 Å². The van der Waals surface area contributed by atoms with Gasteiger partial charge in [-0.2, -0.15) is 0 Å². The minimum atomic E-state index is -0.817. The number of allylic oxidation sites excluding steroid dienone is 12. The zero-order valence-corrected chi connectivity index (χ0v) is 40.6. The normalized spacial score (nSPS) is 12.6. The summed E-state index contributed by atoms with van der Waals surface area (Å²) in [5.74, 6) is -1.00. The van der Waals surface area contributed by atoms with Crippen LogP contribution in [0.1, 0.15) is 245 Å². The third-order valence-electron chi connectivity index (χ3n) is 10.9.